The van der Waals surface area contributed by atoms with Crippen molar-refractivity contribution in [3.05, 3.63) is 23.8 Å². The van der Waals surface area contributed by atoms with Crippen LogP contribution in [0, 0.1) is 0 Å². The first-order valence-electron chi connectivity index (χ1n) is 6.43. The topological polar surface area (TPSA) is 59.6 Å². The lowest BCUT2D eigenvalue weighted by molar-refractivity contribution is 0.0953. The largest absolute Gasteiger partial charge is 0.493 e. The Morgan fingerprint density at radius 3 is 2.47 bits per heavy atom. The first-order chi connectivity index (χ1) is 9.22. The Labute approximate surface area is 114 Å². The number of carbonyl (C=O) groups excluding carboxylic acids is 1. The fraction of sp³-hybridized carbons (Fsp3) is 0.500. The summed E-state index contributed by atoms with van der Waals surface area (Å²) in [6.45, 7) is 4.45. The van der Waals surface area contributed by atoms with Crippen LogP contribution in [0.4, 0.5) is 0 Å². The maximum Gasteiger partial charge on any atom is 0.251 e. The van der Waals surface area contributed by atoms with Crippen molar-refractivity contribution < 1.29 is 14.3 Å². The van der Waals surface area contributed by atoms with E-state index in [-0.39, 0.29) is 5.91 Å². The van der Waals surface area contributed by atoms with Crippen molar-refractivity contribution in [2.45, 2.75) is 13.3 Å². The summed E-state index contributed by atoms with van der Waals surface area (Å²) in [6, 6.07) is 5.12. The second-order valence-corrected chi connectivity index (χ2v) is 4.08. The highest BCUT2D eigenvalue weighted by molar-refractivity contribution is 5.94. The highest BCUT2D eigenvalue weighted by Gasteiger charge is 2.09. The molecular formula is C14H22N2O3. The lowest BCUT2D eigenvalue weighted by Crippen LogP contribution is -2.32. The summed E-state index contributed by atoms with van der Waals surface area (Å²) in [5.41, 5.74) is 0.563. The molecular weight excluding hydrogens is 244 g/mol. The van der Waals surface area contributed by atoms with Gasteiger partial charge in [0.05, 0.1) is 14.2 Å². The minimum Gasteiger partial charge on any atom is -0.493 e. The summed E-state index contributed by atoms with van der Waals surface area (Å²) in [7, 11) is 3.12. The van der Waals surface area contributed by atoms with E-state index in [9.17, 15) is 4.79 Å². The zero-order valence-electron chi connectivity index (χ0n) is 11.8. The molecule has 0 aliphatic rings. The van der Waals surface area contributed by atoms with Crippen molar-refractivity contribution >= 4 is 5.91 Å². The van der Waals surface area contributed by atoms with Crippen LogP contribution in [0.15, 0.2) is 18.2 Å². The van der Waals surface area contributed by atoms with Gasteiger partial charge in [-0.3, -0.25) is 4.79 Å². The molecule has 106 valence electrons. The second-order valence-electron chi connectivity index (χ2n) is 4.08. The Morgan fingerprint density at radius 1 is 1.11 bits per heavy atom. The molecule has 0 saturated heterocycles. The number of hydrogen-bond acceptors (Lipinski definition) is 4. The third kappa shape index (κ3) is 4.79. The van der Waals surface area contributed by atoms with Crippen LogP contribution in [-0.4, -0.2) is 39.8 Å². The van der Waals surface area contributed by atoms with Crippen LogP contribution in [0.1, 0.15) is 23.7 Å². The van der Waals surface area contributed by atoms with Gasteiger partial charge in [0, 0.05) is 18.7 Å². The van der Waals surface area contributed by atoms with Gasteiger partial charge >= 0.3 is 0 Å². The molecule has 0 fully saturated rings. The average Bonchev–Trinajstić information content (AvgIpc) is 2.46. The van der Waals surface area contributed by atoms with Gasteiger partial charge in [0.2, 0.25) is 0 Å². The predicted molar refractivity (Wildman–Crippen MR) is 75.0 cm³/mol. The van der Waals surface area contributed by atoms with Gasteiger partial charge in [-0.25, -0.2) is 0 Å². The van der Waals surface area contributed by atoms with E-state index >= 15 is 0 Å². The lowest BCUT2D eigenvalue weighted by Gasteiger charge is -2.10. The van der Waals surface area contributed by atoms with Crippen LogP contribution < -0.4 is 20.1 Å². The molecule has 0 unspecified atom stereocenters. The van der Waals surface area contributed by atoms with E-state index in [1.54, 1.807) is 32.4 Å². The molecule has 0 heterocycles. The van der Waals surface area contributed by atoms with E-state index in [1.165, 1.54) is 0 Å². The van der Waals surface area contributed by atoms with E-state index in [0.29, 0.717) is 23.6 Å². The molecule has 0 saturated carbocycles. The number of methoxy groups -OCH3 is 2. The lowest BCUT2D eigenvalue weighted by atomic mass is 10.2. The molecule has 1 aromatic rings. The zero-order valence-corrected chi connectivity index (χ0v) is 11.8. The Hall–Kier alpha value is -1.75. The summed E-state index contributed by atoms with van der Waals surface area (Å²) in [4.78, 5) is 11.9. The molecule has 0 bridgehead atoms. The van der Waals surface area contributed by atoms with Crippen molar-refractivity contribution in [3.8, 4) is 11.5 Å². The van der Waals surface area contributed by atoms with Crippen molar-refractivity contribution in [3.63, 3.8) is 0 Å². The minimum atomic E-state index is -0.112. The maximum absolute atomic E-state index is 11.9. The summed E-state index contributed by atoms with van der Waals surface area (Å²) in [6.07, 6.45) is 1.09. The van der Waals surface area contributed by atoms with E-state index in [0.717, 1.165) is 19.5 Å². The summed E-state index contributed by atoms with van der Waals surface area (Å²) in [5, 5.41) is 6.07. The third-order valence-electron chi connectivity index (χ3n) is 2.66. The number of hydrogen-bond donors (Lipinski definition) is 2. The first kappa shape index (κ1) is 15.3. The normalized spacial score (nSPS) is 10.1. The summed E-state index contributed by atoms with van der Waals surface area (Å²) in [5.74, 6) is 1.06. The van der Waals surface area contributed by atoms with Crippen LogP contribution in [0.2, 0.25) is 0 Å². The minimum absolute atomic E-state index is 0.112. The quantitative estimate of drug-likeness (QED) is 0.699. The Kier molecular flexibility index (Phi) is 6.74. The van der Waals surface area contributed by atoms with Gasteiger partial charge in [0.25, 0.3) is 5.91 Å². The fourth-order valence-electron chi connectivity index (χ4n) is 1.65. The highest BCUT2D eigenvalue weighted by Crippen LogP contribution is 2.27. The first-order valence-corrected chi connectivity index (χ1v) is 6.43. The summed E-state index contributed by atoms with van der Waals surface area (Å²) < 4.78 is 10.3. The molecule has 0 spiro atoms. The van der Waals surface area contributed by atoms with Crippen molar-refractivity contribution in [2.75, 3.05) is 33.9 Å². The average molecular weight is 266 g/mol. The molecule has 2 N–H and O–H groups in total. The standard InChI is InChI=1S/C14H22N2O3/c1-4-7-15-8-9-16-14(17)11-5-6-12(18-2)13(10-11)19-3/h5-6,10,15H,4,7-9H2,1-3H3,(H,16,17). The smallest absolute Gasteiger partial charge is 0.251 e. The molecule has 0 aromatic heterocycles. The Bertz CT molecular complexity index is 408. The van der Waals surface area contributed by atoms with E-state index < -0.39 is 0 Å². The van der Waals surface area contributed by atoms with Crippen LogP contribution in [0.3, 0.4) is 0 Å². The van der Waals surface area contributed by atoms with E-state index in [1.807, 2.05) is 0 Å². The fourth-order valence-corrected chi connectivity index (χ4v) is 1.65. The van der Waals surface area contributed by atoms with Crippen LogP contribution in [0.5, 0.6) is 11.5 Å². The van der Waals surface area contributed by atoms with Gasteiger partial charge in [-0.05, 0) is 31.2 Å². The molecule has 0 aliphatic heterocycles. The highest BCUT2D eigenvalue weighted by atomic mass is 16.5. The second kappa shape index (κ2) is 8.37. The van der Waals surface area contributed by atoms with Gasteiger partial charge in [0.1, 0.15) is 0 Å². The molecule has 0 radical (unpaired) electrons. The van der Waals surface area contributed by atoms with Crippen molar-refractivity contribution in [1.82, 2.24) is 10.6 Å². The molecule has 0 atom stereocenters. The molecule has 1 rings (SSSR count). The van der Waals surface area contributed by atoms with Crippen molar-refractivity contribution in [2.24, 2.45) is 0 Å². The third-order valence-corrected chi connectivity index (χ3v) is 2.66. The van der Waals surface area contributed by atoms with Crippen LogP contribution >= 0.6 is 0 Å². The molecule has 0 aliphatic carbocycles. The van der Waals surface area contributed by atoms with Gasteiger partial charge in [-0.2, -0.15) is 0 Å². The Morgan fingerprint density at radius 2 is 1.84 bits per heavy atom. The van der Waals surface area contributed by atoms with Gasteiger partial charge in [-0.15, -0.1) is 0 Å². The van der Waals surface area contributed by atoms with Crippen LogP contribution in [0.25, 0.3) is 0 Å². The summed E-state index contributed by atoms with van der Waals surface area (Å²) >= 11 is 0. The maximum atomic E-state index is 11.9. The van der Waals surface area contributed by atoms with Gasteiger partial charge < -0.3 is 20.1 Å². The molecule has 1 amide bonds. The van der Waals surface area contributed by atoms with Gasteiger partial charge in [0.15, 0.2) is 11.5 Å². The van der Waals surface area contributed by atoms with E-state index in [2.05, 4.69) is 17.6 Å². The molecule has 19 heavy (non-hydrogen) atoms. The number of ether oxygens (including phenoxy) is 2. The number of nitrogens with one attached hydrogen (secondary N) is 2. The zero-order chi connectivity index (χ0) is 14.1. The SMILES string of the molecule is CCCNCCNC(=O)c1ccc(OC)c(OC)c1. The molecule has 5 nitrogen and oxygen atoms in total. The number of benzene rings is 1. The monoisotopic (exact) mass is 266 g/mol. The van der Waals surface area contributed by atoms with Crippen LogP contribution in [-0.2, 0) is 0 Å². The van der Waals surface area contributed by atoms with E-state index in [4.69, 9.17) is 9.47 Å². The molecule has 1 aromatic carbocycles. The number of carbonyl (C=O) groups is 1. The predicted octanol–water partition coefficient (Wildman–Crippen LogP) is 1.43. The van der Waals surface area contributed by atoms with Crippen molar-refractivity contribution in [1.29, 1.82) is 0 Å². The number of amides is 1. The Balaban J connectivity index is 2.52. The van der Waals surface area contributed by atoms with Gasteiger partial charge in [-0.1, -0.05) is 6.92 Å². The number of rotatable bonds is 8. The molecule has 5 heteroatoms.